The zero-order valence-electron chi connectivity index (χ0n) is 19.2. The summed E-state index contributed by atoms with van der Waals surface area (Å²) in [6, 6.07) is 23.7. The Morgan fingerprint density at radius 1 is 0.735 bits per heavy atom. The van der Waals surface area contributed by atoms with E-state index in [1.165, 1.54) is 0 Å². The van der Waals surface area contributed by atoms with E-state index in [1.807, 2.05) is 77.7 Å². The van der Waals surface area contributed by atoms with Crippen LogP contribution in [0.2, 0.25) is 0 Å². The minimum Gasteiger partial charge on any atom is -0.351 e. The number of hydrogen-bond acceptors (Lipinski definition) is 4. The Hall–Kier alpha value is -3.71. The lowest BCUT2D eigenvalue weighted by molar-refractivity contribution is -0.134. The van der Waals surface area contributed by atoms with Crippen molar-refractivity contribution in [3.05, 3.63) is 83.9 Å². The molecular formula is C27H30N4O3. The number of hydrogen-bond donors (Lipinski definition) is 2. The quantitative estimate of drug-likeness (QED) is 0.541. The molecule has 2 N–H and O–H groups in total. The first-order valence-corrected chi connectivity index (χ1v) is 11.6. The molecule has 7 heteroatoms. The minimum atomic E-state index is -0.168. The Bertz CT molecular complexity index is 1140. The molecule has 1 saturated heterocycles. The first kappa shape index (κ1) is 23.4. The van der Waals surface area contributed by atoms with Crippen LogP contribution in [-0.2, 0) is 27.3 Å². The predicted octanol–water partition coefficient (Wildman–Crippen LogP) is 1.96. The lowest BCUT2D eigenvalue weighted by Crippen LogP contribution is -2.53. The number of rotatable bonds is 8. The third-order valence-electron chi connectivity index (χ3n) is 6.09. The fraction of sp³-hybridized carbons (Fsp3) is 0.296. The Labute approximate surface area is 199 Å². The number of fused-ring (bicyclic) bond motifs is 1. The van der Waals surface area contributed by atoms with E-state index in [0.29, 0.717) is 39.3 Å². The molecule has 3 aromatic rings. The van der Waals surface area contributed by atoms with Crippen molar-refractivity contribution in [2.24, 2.45) is 0 Å². The first-order chi connectivity index (χ1) is 16.6. The molecule has 0 radical (unpaired) electrons. The van der Waals surface area contributed by atoms with Gasteiger partial charge in [0, 0.05) is 32.7 Å². The molecule has 1 aliphatic heterocycles. The number of carbonyl (C=O) groups excluding carboxylic acids is 3. The van der Waals surface area contributed by atoms with Crippen LogP contribution in [0.4, 0.5) is 0 Å². The van der Waals surface area contributed by atoms with Gasteiger partial charge in [-0.2, -0.15) is 0 Å². The van der Waals surface area contributed by atoms with E-state index in [-0.39, 0.29) is 30.7 Å². The first-order valence-electron chi connectivity index (χ1n) is 11.6. The van der Waals surface area contributed by atoms with Crippen molar-refractivity contribution in [1.29, 1.82) is 0 Å². The molecule has 0 spiro atoms. The second kappa shape index (κ2) is 11.4. The van der Waals surface area contributed by atoms with Crippen molar-refractivity contribution in [3.63, 3.8) is 0 Å². The van der Waals surface area contributed by atoms with E-state index < -0.39 is 0 Å². The maximum atomic E-state index is 12.6. The average Bonchev–Trinajstić information content (AvgIpc) is 2.87. The summed E-state index contributed by atoms with van der Waals surface area (Å²) < 4.78 is 0. The Balaban J connectivity index is 1.16. The summed E-state index contributed by atoms with van der Waals surface area (Å²) >= 11 is 0. The number of nitrogens with zero attached hydrogens (tertiary/aromatic N) is 2. The van der Waals surface area contributed by atoms with Crippen LogP contribution in [0.3, 0.4) is 0 Å². The van der Waals surface area contributed by atoms with Gasteiger partial charge in [0.2, 0.25) is 17.7 Å². The number of carbonyl (C=O) groups is 3. The van der Waals surface area contributed by atoms with Crippen molar-refractivity contribution in [2.75, 3.05) is 39.3 Å². The minimum absolute atomic E-state index is 0.0127. The standard InChI is InChI=1S/C27H30N4O3/c32-25(17-23-11-6-10-22-9-4-5-12-24(22)23)29-19-27(34)31-15-13-30(14-16-31)20-26(33)28-18-21-7-2-1-3-8-21/h1-12H,13-20H2,(H,28,33)(H,29,32). The number of nitrogens with one attached hydrogen (secondary N) is 2. The molecule has 7 nitrogen and oxygen atoms in total. The molecule has 3 amide bonds. The molecule has 4 rings (SSSR count). The molecule has 0 bridgehead atoms. The van der Waals surface area contributed by atoms with Crippen LogP contribution in [0.15, 0.2) is 72.8 Å². The fourth-order valence-electron chi connectivity index (χ4n) is 4.18. The van der Waals surface area contributed by atoms with E-state index in [0.717, 1.165) is 21.9 Å². The summed E-state index contributed by atoms with van der Waals surface area (Å²) in [6.07, 6.45) is 0.237. The summed E-state index contributed by atoms with van der Waals surface area (Å²) in [7, 11) is 0. The van der Waals surface area contributed by atoms with Gasteiger partial charge in [-0.25, -0.2) is 0 Å². The zero-order chi connectivity index (χ0) is 23.8. The van der Waals surface area contributed by atoms with Gasteiger partial charge in [-0.05, 0) is 21.9 Å². The fourth-order valence-corrected chi connectivity index (χ4v) is 4.18. The monoisotopic (exact) mass is 458 g/mol. The number of benzene rings is 3. The highest BCUT2D eigenvalue weighted by atomic mass is 16.2. The molecule has 3 aromatic carbocycles. The smallest absolute Gasteiger partial charge is 0.242 e. The van der Waals surface area contributed by atoms with Crippen LogP contribution >= 0.6 is 0 Å². The Kier molecular flexibility index (Phi) is 7.88. The molecule has 34 heavy (non-hydrogen) atoms. The highest BCUT2D eigenvalue weighted by Crippen LogP contribution is 2.18. The van der Waals surface area contributed by atoms with E-state index in [9.17, 15) is 14.4 Å². The molecule has 176 valence electrons. The van der Waals surface area contributed by atoms with Crippen LogP contribution < -0.4 is 10.6 Å². The Morgan fingerprint density at radius 2 is 1.44 bits per heavy atom. The second-order valence-corrected chi connectivity index (χ2v) is 8.51. The zero-order valence-corrected chi connectivity index (χ0v) is 19.2. The number of piperazine rings is 1. The lowest BCUT2D eigenvalue weighted by atomic mass is 10.0. The molecule has 0 atom stereocenters. The summed E-state index contributed by atoms with van der Waals surface area (Å²) in [6.45, 7) is 3.17. The highest BCUT2D eigenvalue weighted by Gasteiger charge is 2.22. The van der Waals surface area contributed by atoms with Crippen LogP contribution in [0.1, 0.15) is 11.1 Å². The van der Waals surface area contributed by atoms with Gasteiger partial charge in [-0.3, -0.25) is 19.3 Å². The van der Waals surface area contributed by atoms with E-state index in [2.05, 4.69) is 10.6 Å². The van der Waals surface area contributed by atoms with E-state index >= 15 is 0 Å². The lowest BCUT2D eigenvalue weighted by Gasteiger charge is -2.34. The van der Waals surface area contributed by atoms with Crippen molar-refractivity contribution < 1.29 is 14.4 Å². The van der Waals surface area contributed by atoms with Crippen molar-refractivity contribution in [1.82, 2.24) is 20.4 Å². The van der Waals surface area contributed by atoms with Crippen molar-refractivity contribution >= 4 is 28.5 Å². The second-order valence-electron chi connectivity index (χ2n) is 8.51. The van der Waals surface area contributed by atoms with Gasteiger partial charge in [0.25, 0.3) is 0 Å². The molecular weight excluding hydrogens is 428 g/mol. The molecule has 0 saturated carbocycles. The van der Waals surface area contributed by atoms with E-state index in [1.54, 1.807) is 4.90 Å². The van der Waals surface area contributed by atoms with Crippen LogP contribution in [0.5, 0.6) is 0 Å². The third-order valence-corrected chi connectivity index (χ3v) is 6.09. The Morgan fingerprint density at radius 3 is 2.24 bits per heavy atom. The van der Waals surface area contributed by atoms with Gasteiger partial charge in [-0.1, -0.05) is 72.8 Å². The van der Waals surface area contributed by atoms with Gasteiger partial charge in [-0.15, -0.1) is 0 Å². The van der Waals surface area contributed by atoms with Gasteiger partial charge in [0.1, 0.15) is 0 Å². The summed E-state index contributed by atoms with van der Waals surface area (Å²) in [5, 5.41) is 7.84. The maximum absolute atomic E-state index is 12.6. The predicted molar refractivity (Wildman–Crippen MR) is 132 cm³/mol. The normalized spacial score (nSPS) is 14.1. The van der Waals surface area contributed by atoms with Crippen LogP contribution in [-0.4, -0.2) is 66.8 Å². The van der Waals surface area contributed by atoms with Crippen molar-refractivity contribution in [3.8, 4) is 0 Å². The van der Waals surface area contributed by atoms with Gasteiger partial charge >= 0.3 is 0 Å². The molecule has 0 aliphatic carbocycles. The van der Waals surface area contributed by atoms with Gasteiger partial charge in [0.15, 0.2) is 0 Å². The van der Waals surface area contributed by atoms with Gasteiger partial charge in [0.05, 0.1) is 19.5 Å². The summed E-state index contributed by atoms with van der Waals surface area (Å²) in [5.41, 5.74) is 2.01. The largest absolute Gasteiger partial charge is 0.351 e. The third kappa shape index (κ3) is 6.42. The molecule has 1 heterocycles. The number of amides is 3. The van der Waals surface area contributed by atoms with Crippen LogP contribution in [0, 0.1) is 0 Å². The van der Waals surface area contributed by atoms with E-state index in [4.69, 9.17) is 0 Å². The molecule has 0 unspecified atom stereocenters. The maximum Gasteiger partial charge on any atom is 0.242 e. The molecule has 1 fully saturated rings. The average molecular weight is 459 g/mol. The summed E-state index contributed by atoms with van der Waals surface area (Å²) in [5.74, 6) is -0.290. The molecule has 0 aromatic heterocycles. The highest BCUT2D eigenvalue weighted by molar-refractivity contribution is 5.91. The van der Waals surface area contributed by atoms with Crippen LogP contribution in [0.25, 0.3) is 10.8 Å². The van der Waals surface area contributed by atoms with Gasteiger partial charge < -0.3 is 15.5 Å². The summed E-state index contributed by atoms with van der Waals surface area (Å²) in [4.78, 5) is 41.0. The molecule has 1 aliphatic rings. The topological polar surface area (TPSA) is 81.8 Å². The van der Waals surface area contributed by atoms with Crippen molar-refractivity contribution in [2.45, 2.75) is 13.0 Å². The SMILES string of the molecule is O=C(Cc1cccc2ccccc12)NCC(=O)N1CCN(CC(=O)NCc2ccccc2)CC1.